The minimum Gasteiger partial charge on any atom is -0.462 e. The van der Waals surface area contributed by atoms with Crippen LogP contribution in [-0.2, 0) is 19.1 Å². The van der Waals surface area contributed by atoms with Crippen molar-refractivity contribution in [3.63, 3.8) is 0 Å². The monoisotopic (exact) mass is 558 g/mol. The number of allylic oxidation sites excluding steroid dienone is 10. The summed E-state index contributed by atoms with van der Waals surface area (Å²) in [6.07, 6.45) is 38.5. The third-order valence-corrected chi connectivity index (χ3v) is 6.33. The summed E-state index contributed by atoms with van der Waals surface area (Å²) in [5, 5.41) is 9.45. The van der Waals surface area contributed by atoms with Crippen LogP contribution < -0.4 is 0 Å². The number of rotatable bonds is 27. The number of ether oxygens (including phenoxy) is 2. The predicted octanol–water partition coefficient (Wildman–Crippen LogP) is 9.28. The number of aliphatic hydroxyl groups excluding tert-OH is 1. The second kappa shape index (κ2) is 31.1. The van der Waals surface area contributed by atoms with E-state index in [1.807, 2.05) is 0 Å². The molecule has 0 rings (SSSR count). The fourth-order valence-electron chi connectivity index (χ4n) is 3.93. The maximum absolute atomic E-state index is 12.1. The van der Waals surface area contributed by atoms with E-state index in [0.29, 0.717) is 12.8 Å². The van der Waals surface area contributed by atoms with Crippen LogP contribution in [0.1, 0.15) is 129 Å². The van der Waals surface area contributed by atoms with Gasteiger partial charge < -0.3 is 14.6 Å². The standard InChI is InChI=1S/C35H58O5/c1-3-5-7-9-11-12-13-14-15-16-17-18-19-20-21-22-24-26-28-30-35(38)40-33(31-36)32-39-34(37)29-27-25-23-10-8-6-4-2/h5,7,11-12,14-15,17-18,20-21,33,36H,3-4,6,8-10,13,16,19,22-32H2,1-2H3/b7-5-,12-11-,15-14-,18-17-,21-20-. The van der Waals surface area contributed by atoms with E-state index >= 15 is 0 Å². The summed E-state index contributed by atoms with van der Waals surface area (Å²) in [5.41, 5.74) is 0. The lowest BCUT2D eigenvalue weighted by Gasteiger charge is -2.15. The van der Waals surface area contributed by atoms with Crippen LogP contribution in [0.3, 0.4) is 0 Å². The van der Waals surface area contributed by atoms with E-state index in [1.165, 1.54) is 25.7 Å². The van der Waals surface area contributed by atoms with Crippen LogP contribution >= 0.6 is 0 Å². The summed E-state index contributed by atoms with van der Waals surface area (Å²) in [5.74, 6) is -0.643. The summed E-state index contributed by atoms with van der Waals surface area (Å²) in [6, 6.07) is 0. The van der Waals surface area contributed by atoms with Crippen molar-refractivity contribution < 1.29 is 24.2 Å². The zero-order valence-corrected chi connectivity index (χ0v) is 25.6. The zero-order chi connectivity index (χ0) is 29.4. The molecule has 40 heavy (non-hydrogen) atoms. The van der Waals surface area contributed by atoms with E-state index < -0.39 is 6.10 Å². The Hall–Kier alpha value is -2.40. The Labute approximate surface area is 245 Å². The molecule has 1 unspecified atom stereocenters. The second-order valence-electron chi connectivity index (χ2n) is 10.2. The van der Waals surface area contributed by atoms with Crippen molar-refractivity contribution in [1.82, 2.24) is 0 Å². The van der Waals surface area contributed by atoms with Gasteiger partial charge in [-0.15, -0.1) is 0 Å². The molecule has 0 fully saturated rings. The van der Waals surface area contributed by atoms with Crippen LogP contribution in [-0.4, -0.2) is 36.4 Å². The van der Waals surface area contributed by atoms with Gasteiger partial charge in [-0.1, -0.05) is 120 Å². The van der Waals surface area contributed by atoms with Gasteiger partial charge in [-0.25, -0.2) is 0 Å². The molecule has 1 N–H and O–H groups in total. The molecule has 0 aromatic heterocycles. The molecule has 228 valence electrons. The molecule has 0 aliphatic heterocycles. The number of carbonyl (C=O) groups excluding carboxylic acids is 2. The summed E-state index contributed by atoms with van der Waals surface area (Å²) < 4.78 is 10.5. The van der Waals surface area contributed by atoms with E-state index in [2.05, 4.69) is 74.6 Å². The highest BCUT2D eigenvalue weighted by molar-refractivity contribution is 5.70. The largest absolute Gasteiger partial charge is 0.462 e. The van der Waals surface area contributed by atoms with Gasteiger partial charge >= 0.3 is 11.9 Å². The highest BCUT2D eigenvalue weighted by atomic mass is 16.6. The Morgan fingerprint density at radius 3 is 1.62 bits per heavy atom. The van der Waals surface area contributed by atoms with Gasteiger partial charge in [-0.2, -0.15) is 0 Å². The first-order chi connectivity index (χ1) is 19.6. The van der Waals surface area contributed by atoms with Crippen LogP contribution in [0.5, 0.6) is 0 Å². The van der Waals surface area contributed by atoms with Crippen LogP contribution in [0.15, 0.2) is 60.8 Å². The average Bonchev–Trinajstić information content (AvgIpc) is 2.96. The van der Waals surface area contributed by atoms with E-state index in [4.69, 9.17) is 9.47 Å². The Bertz CT molecular complexity index is 732. The Balaban J connectivity index is 3.70. The summed E-state index contributed by atoms with van der Waals surface area (Å²) >= 11 is 0. The first kappa shape index (κ1) is 37.6. The molecular formula is C35H58O5. The molecule has 0 aromatic rings. The van der Waals surface area contributed by atoms with Gasteiger partial charge in [-0.05, 0) is 57.8 Å². The molecule has 0 heterocycles. The highest BCUT2D eigenvalue weighted by Gasteiger charge is 2.16. The second-order valence-corrected chi connectivity index (χ2v) is 10.2. The van der Waals surface area contributed by atoms with Gasteiger partial charge in [0.1, 0.15) is 6.61 Å². The molecule has 1 atom stereocenters. The fraction of sp³-hybridized carbons (Fsp3) is 0.657. The first-order valence-electron chi connectivity index (χ1n) is 15.8. The van der Waals surface area contributed by atoms with E-state index in [1.54, 1.807) is 0 Å². The molecule has 0 aliphatic carbocycles. The molecule has 0 radical (unpaired) electrons. The fourth-order valence-corrected chi connectivity index (χ4v) is 3.93. The summed E-state index contributed by atoms with van der Waals surface area (Å²) in [4.78, 5) is 23.9. The maximum atomic E-state index is 12.1. The van der Waals surface area contributed by atoms with Crippen molar-refractivity contribution >= 4 is 11.9 Å². The molecule has 0 amide bonds. The molecular weight excluding hydrogens is 500 g/mol. The van der Waals surface area contributed by atoms with Crippen molar-refractivity contribution in [2.45, 2.75) is 136 Å². The number of hydrogen-bond acceptors (Lipinski definition) is 5. The smallest absolute Gasteiger partial charge is 0.306 e. The van der Waals surface area contributed by atoms with E-state index in [9.17, 15) is 14.7 Å². The molecule has 0 bridgehead atoms. The van der Waals surface area contributed by atoms with Gasteiger partial charge in [-0.3, -0.25) is 9.59 Å². The zero-order valence-electron chi connectivity index (χ0n) is 25.6. The van der Waals surface area contributed by atoms with E-state index in [-0.39, 0.29) is 25.2 Å². The number of aliphatic hydroxyl groups is 1. The van der Waals surface area contributed by atoms with Gasteiger partial charge in [0, 0.05) is 12.8 Å². The Kier molecular flexibility index (Phi) is 29.3. The lowest BCUT2D eigenvalue weighted by molar-refractivity contribution is -0.161. The summed E-state index contributed by atoms with van der Waals surface area (Å²) in [7, 11) is 0. The SMILES string of the molecule is CC/C=C\C/C=C\C/C=C\C/C=C\C/C=C\CCCCCC(=O)OC(CO)COC(=O)CCCCCCCCC. The minimum atomic E-state index is -0.785. The average molecular weight is 559 g/mol. The van der Waals surface area contributed by atoms with Crippen molar-refractivity contribution in [2.24, 2.45) is 0 Å². The van der Waals surface area contributed by atoms with Gasteiger partial charge in [0.25, 0.3) is 0 Å². The predicted molar refractivity (Wildman–Crippen MR) is 168 cm³/mol. The first-order valence-corrected chi connectivity index (χ1v) is 15.8. The van der Waals surface area contributed by atoms with Crippen molar-refractivity contribution in [1.29, 1.82) is 0 Å². The van der Waals surface area contributed by atoms with Gasteiger partial charge in [0.05, 0.1) is 6.61 Å². The quantitative estimate of drug-likeness (QED) is 0.0618. The number of unbranched alkanes of at least 4 members (excludes halogenated alkanes) is 9. The van der Waals surface area contributed by atoms with Crippen LogP contribution in [0.25, 0.3) is 0 Å². The third kappa shape index (κ3) is 28.6. The number of esters is 2. The van der Waals surface area contributed by atoms with Gasteiger partial charge in [0.15, 0.2) is 6.10 Å². The van der Waals surface area contributed by atoms with Crippen molar-refractivity contribution in [2.75, 3.05) is 13.2 Å². The normalized spacial score (nSPS) is 13.0. The molecule has 5 nitrogen and oxygen atoms in total. The molecule has 0 saturated heterocycles. The molecule has 0 aromatic carbocycles. The maximum Gasteiger partial charge on any atom is 0.306 e. The van der Waals surface area contributed by atoms with Crippen molar-refractivity contribution in [3.05, 3.63) is 60.8 Å². The van der Waals surface area contributed by atoms with Gasteiger partial charge in [0.2, 0.25) is 0 Å². The molecule has 0 spiro atoms. The summed E-state index contributed by atoms with van der Waals surface area (Å²) in [6.45, 7) is 3.92. The van der Waals surface area contributed by atoms with Crippen LogP contribution in [0, 0.1) is 0 Å². The Morgan fingerprint density at radius 1 is 0.600 bits per heavy atom. The Morgan fingerprint density at radius 2 is 1.07 bits per heavy atom. The lowest BCUT2D eigenvalue weighted by Crippen LogP contribution is -2.28. The lowest BCUT2D eigenvalue weighted by atomic mass is 10.1. The van der Waals surface area contributed by atoms with Crippen LogP contribution in [0.4, 0.5) is 0 Å². The molecule has 5 heteroatoms. The van der Waals surface area contributed by atoms with Crippen molar-refractivity contribution in [3.8, 4) is 0 Å². The number of carbonyl (C=O) groups is 2. The van der Waals surface area contributed by atoms with Crippen LogP contribution in [0.2, 0.25) is 0 Å². The van der Waals surface area contributed by atoms with E-state index in [0.717, 1.165) is 77.0 Å². The third-order valence-electron chi connectivity index (χ3n) is 6.33. The highest BCUT2D eigenvalue weighted by Crippen LogP contribution is 2.10. The topological polar surface area (TPSA) is 72.8 Å². The molecule has 0 saturated carbocycles. The molecule has 0 aliphatic rings. The number of hydrogen-bond donors (Lipinski definition) is 1. The minimum absolute atomic E-state index is 0.0817.